The molecule has 0 heterocycles. The van der Waals surface area contributed by atoms with Gasteiger partial charge in [0.25, 0.3) is 0 Å². The molecule has 4 heteroatoms. The van der Waals surface area contributed by atoms with Crippen molar-refractivity contribution in [3.05, 3.63) is 48.6 Å². The predicted molar refractivity (Wildman–Crippen MR) is 63.1 cm³/mol. The fraction of sp³-hybridized carbons (Fsp3) is 0.333. The van der Waals surface area contributed by atoms with E-state index in [1.807, 2.05) is 30.3 Å². The summed E-state index contributed by atoms with van der Waals surface area (Å²) in [4.78, 5) is 0. The molecular weight excluding hydrogens is 271 g/mol. The van der Waals surface area contributed by atoms with Crippen LogP contribution in [0.4, 0.5) is 0 Å². The van der Waals surface area contributed by atoms with E-state index >= 15 is 0 Å². The first-order valence-electron chi connectivity index (χ1n) is 4.98. The van der Waals surface area contributed by atoms with Crippen LogP contribution in [0.15, 0.2) is 43.0 Å². The molecule has 1 rings (SSSR count). The molecule has 16 heavy (non-hydrogen) atoms. The van der Waals surface area contributed by atoms with Gasteiger partial charge in [-0.15, -0.1) is 0 Å². The van der Waals surface area contributed by atoms with Gasteiger partial charge in [-0.1, -0.05) is 0 Å². The first kappa shape index (κ1) is 13.1. The second kappa shape index (κ2) is 5.94. The number of hydrogen-bond donors (Lipinski definition) is 0. The van der Waals surface area contributed by atoms with Gasteiger partial charge in [-0.05, 0) is 0 Å². The maximum absolute atomic E-state index is 11.3. The zero-order valence-electron chi connectivity index (χ0n) is 9.30. The van der Waals surface area contributed by atoms with E-state index < -0.39 is 12.7 Å². The van der Waals surface area contributed by atoms with Crippen molar-refractivity contribution in [2.45, 2.75) is 17.2 Å². The molecule has 3 nitrogen and oxygen atoms in total. The van der Waals surface area contributed by atoms with Crippen molar-refractivity contribution in [1.82, 2.24) is 0 Å². The van der Waals surface area contributed by atoms with E-state index in [1.54, 1.807) is 6.08 Å². The van der Waals surface area contributed by atoms with Crippen molar-refractivity contribution < 1.29 is 12.4 Å². The third-order valence-electron chi connectivity index (χ3n) is 2.04. The molecule has 0 aliphatic heterocycles. The molecule has 0 saturated heterocycles. The summed E-state index contributed by atoms with van der Waals surface area (Å²) in [5.74, 6) is 1.28. The fourth-order valence-corrected chi connectivity index (χ4v) is 3.13. The van der Waals surface area contributed by atoms with Crippen LogP contribution in [0.3, 0.4) is 0 Å². The molecule has 0 fully saturated rings. The Hall–Kier alpha value is -0.961. The summed E-state index contributed by atoms with van der Waals surface area (Å²) in [6, 6.07) is 9.37. The van der Waals surface area contributed by atoms with Crippen molar-refractivity contribution >= 4 is 12.7 Å². The van der Waals surface area contributed by atoms with Crippen LogP contribution in [-0.4, -0.2) is 19.3 Å². The monoisotopic (exact) mass is 288 g/mol. The summed E-state index contributed by atoms with van der Waals surface area (Å²) >= 11 is -3.78. The van der Waals surface area contributed by atoms with Gasteiger partial charge in [0, 0.05) is 0 Å². The molecular formula is C12H16O3Se. The van der Waals surface area contributed by atoms with Crippen LogP contribution in [0.25, 0.3) is 0 Å². The standard InChI is InChI=1S/C12H16O3Se/c1-3-9-15-12(10-16(2,13)14)11-7-5-4-6-8-11/h3-8,12H,1,9-10H2,2H3. The number of hydrogen-bond acceptors (Lipinski definition) is 3. The SMILES string of the molecule is C=CCOC(C[Se](C)(=O)=O)c1ccccc1. The number of benzene rings is 1. The Morgan fingerprint density at radius 2 is 2.00 bits per heavy atom. The van der Waals surface area contributed by atoms with Gasteiger partial charge in [0.1, 0.15) is 0 Å². The second-order valence-corrected chi connectivity index (χ2v) is 8.20. The number of ether oxygens (including phenoxy) is 1. The summed E-state index contributed by atoms with van der Waals surface area (Å²) in [5, 5.41) is 0.0638. The van der Waals surface area contributed by atoms with Crippen LogP contribution in [0.2, 0.25) is 11.1 Å². The van der Waals surface area contributed by atoms with Crippen LogP contribution in [0.1, 0.15) is 11.7 Å². The van der Waals surface area contributed by atoms with Crippen molar-refractivity contribution in [2.24, 2.45) is 0 Å². The molecule has 88 valence electrons. The number of rotatable bonds is 6. The molecule has 1 unspecified atom stereocenters. The first-order chi connectivity index (χ1) is 7.53. The summed E-state index contributed by atoms with van der Waals surface area (Å²) in [7, 11) is 0. The van der Waals surface area contributed by atoms with Gasteiger partial charge in [0.2, 0.25) is 0 Å². The Kier molecular flexibility index (Phi) is 4.87. The molecule has 0 saturated carbocycles. The Morgan fingerprint density at radius 1 is 1.38 bits per heavy atom. The maximum atomic E-state index is 11.3. The normalized spacial score (nSPS) is 13.3. The minimum atomic E-state index is -3.78. The summed E-state index contributed by atoms with van der Waals surface area (Å²) < 4.78 is 28.2. The van der Waals surface area contributed by atoms with E-state index in [0.29, 0.717) is 6.61 Å². The Morgan fingerprint density at radius 3 is 2.50 bits per heavy atom. The van der Waals surface area contributed by atoms with Gasteiger partial charge in [-0.2, -0.15) is 0 Å². The van der Waals surface area contributed by atoms with Crippen LogP contribution in [0.5, 0.6) is 0 Å². The molecule has 1 atom stereocenters. The molecule has 1 aromatic rings. The topological polar surface area (TPSA) is 43.4 Å². The zero-order chi connectivity index (χ0) is 12.0. The molecule has 1 aromatic carbocycles. The van der Waals surface area contributed by atoms with Crippen LogP contribution >= 0.6 is 0 Å². The third-order valence-corrected chi connectivity index (χ3v) is 3.95. The van der Waals surface area contributed by atoms with Crippen molar-refractivity contribution in [3.8, 4) is 0 Å². The Balaban J connectivity index is 2.83. The summed E-state index contributed by atoms with van der Waals surface area (Å²) in [6.07, 6.45) is 1.23. The van der Waals surface area contributed by atoms with E-state index in [1.165, 1.54) is 5.82 Å². The van der Waals surface area contributed by atoms with Gasteiger partial charge in [-0.25, -0.2) is 0 Å². The quantitative estimate of drug-likeness (QED) is 0.597. The molecule has 0 spiro atoms. The molecule has 0 aliphatic carbocycles. The summed E-state index contributed by atoms with van der Waals surface area (Å²) in [6.45, 7) is 3.91. The molecule has 0 aliphatic rings. The van der Waals surface area contributed by atoms with Crippen LogP contribution in [-0.2, 0) is 12.4 Å². The van der Waals surface area contributed by atoms with E-state index in [4.69, 9.17) is 4.74 Å². The first-order valence-corrected chi connectivity index (χ1v) is 9.30. The minimum absolute atomic E-state index is 0.0638. The van der Waals surface area contributed by atoms with Gasteiger partial charge < -0.3 is 0 Å². The van der Waals surface area contributed by atoms with E-state index in [9.17, 15) is 7.67 Å². The van der Waals surface area contributed by atoms with Gasteiger partial charge in [0.05, 0.1) is 0 Å². The second-order valence-electron chi connectivity index (χ2n) is 3.61. The molecule has 0 N–H and O–H groups in total. The van der Waals surface area contributed by atoms with Crippen molar-refractivity contribution in [2.75, 3.05) is 6.61 Å². The predicted octanol–water partition coefficient (Wildman–Crippen LogP) is 2.86. The average Bonchev–Trinajstić information content (AvgIpc) is 2.24. The van der Waals surface area contributed by atoms with E-state index in [2.05, 4.69) is 6.58 Å². The van der Waals surface area contributed by atoms with Gasteiger partial charge in [0.15, 0.2) is 0 Å². The fourth-order valence-electron chi connectivity index (χ4n) is 1.37. The molecule has 0 radical (unpaired) electrons. The van der Waals surface area contributed by atoms with E-state index in [0.717, 1.165) is 5.56 Å². The average molecular weight is 287 g/mol. The van der Waals surface area contributed by atoms with Crippen molar-refractivity contribution in [1.29, 1.82) is 0 Å². The third kappa shape index (κ3) is 4.71. The van der Waals surface area contributed by atoms with Gasteiger partial charge in [-0.3, -0.25) is 0 Å². The van der Waals surface area contributed by atoms with Crippen molar-refractivity contribution in [3.63, 3.8) is 0 Å². The molecule has 0 amide bonds. The molecule has 0 aromatic heterocycles. The van der Waals surface area contributed by atoms with Gasteiger partial charge >= 0.3 is 97.5 Å². The Labute approximate surface area is 97.8 Å². The zero-order valence-corrected chi connectivity index (χ0v) is 11.0. The van der Waals surface area contributed by atoms with Crippen LogP contribution in [0, 0.1) is 0 Å². The Bertz CT molecular complexity index is 423. The van der Waals surface area contributed by atoms with E-state index in [-0.39, 0.29) is 11.4 Å². The van der Waals surface area contributed by atoms with Crippen LogP contribution < -0.4 is 0 Å². The molecule has 0 bridgehead atoms. The summed E-state index contributed by atoms with van der Waals surface area (Å²) in [5.41, 5.74) is 0.888.